The second-order valence-corrected chi connectivity index (χ2v) is 5.46. The third-order valence-corrected chi connectivity index (χ3v) is 3.68. The maximum absolute atomic E-state index is 12.0. The first-order valence-corrected chi connectivity index (χ1v) is 6.40. The van der Waals surface area contributed by atoms with Crippen LogP contribution in [0.1, 0.15) is 23.2 Å². The number of hydrogen-bond acceptors (Lipinski definition) is 2. The van der Waals surface area contributed by atoms with Gasteiger partial charge in [0.05, 0.1) is 3.57 Å². The van der Waals surface area contributed by atoms with E-state index in [2.05, 4.69) is 0 Å². The van der Waals surface area contributed by atoms with Gasteiger partial charge in [-0.3, -0.25) is 4.79 Å². The molecule has 1 amide bonds. The van der Waals surface area contributed by atoms with E-state index in [0.29, 0.717) is 11.5 Å². The van der Waals surface area contributed by atoms with Crippen molar-refractivity contribution in [3.05, 3.63) is 27.3 Å². The van der Waals surface area contributed by atoms with Gasteiger partial charge in [0.25, 0.3) is 5.91 Å². The normalized spacial score (nSPS) is 14.9. The Labute approximate surface area is 109 Å². The number of amides is 1. The zero-order chi connectivity index (χ0) is 11.7. The molecule has 0 radical (unpaired) electrons. The van der Waals surface area contributed by atoms with Gasteiger partial charge < -0.3 is 10.0 Å². The Morgan fingerprint density at radius 3 is 2.81 bits per heavy atom. The van der Waals surface area contributed by atoms with Crippen molar-refractivity contribution in [2.45, 2.75) is 12.8 Å². The predicted molar refractivity (Wildman–Crippen MR) is 70.5 cm³/mol. The first kappa shape index (κ1) is 11.7. The van der Waals surface area contributed by atoms with Crippen LogP contribution in [0.25, 0.3) is 0 Å². The molecule has 16 heavy (non-hydrogen) atoms. The Kier molecular flexibility index (Phi) is 3.37. The fraction of sp³-hybridized carbons (Fsp3) is 0.417. The number of aromatic hydroxyl groups is 1. The van der Waals surface area contributed by atoms with Crippen molar-refractivity contribution < 1.29 is 9.90 Å². The van der Waals surface area contributed by atoms with Crippen LogP contribution in [0.2, 0.25) is 0 Å². The van der Waals surface area contributed by atoms with E-state index < -0.39 is 0 Å². The third-order valence-electron chi connectivity index (χ3n) is 2.77. The van der Waals surface area contributed by atoms with Gasteiger partial charge in [0, 0.05) is 19.2 Å². The number of benzene rings is 1. The van der Waals surface area contributed by atoms with E-state index in [1.54, 1.807) is 17.0 Å². The third kappa shape index (κ3) is 2.66. The molecule has 0 spiro atoms. The molecular formula is C12H14INO2. The number of hydrogen-bond donors (Lipinski definition) is 1. The zero-order valence-electron chi connectivity index (χ0n) is 9.11. The van der Waals surface area contributed by atoms with Crippen LogP contribution < -0.4 is 0 Å². The Hall–Kier alpha value is -0.780. The van der Waals surface area contributed by atoms with Crippen molar-refractivity contribution in [3.8, 4) is 5.75 Å². The highest BCUT2D eigenvalue weighted by molar-refractivity contribution is 14.1. The standard InChI is InChI=1S/C12H14INO2/c1-14(7-8-2-3-8)12(16)9-4-5-10(13)11(15)6-9/h4-6,8,15H,2-3,7H2,1H3. The summed E-state index contributed by atoms with van der Waals surface area (Å²) in [5.41, 5.74) is 0.557. The molecule has 3 nitrogen and oxygen atoms in total. The highest BCUT2D eigenvalue weighted by atomic mass is 127. The van der Waals surface area contributed by atoms with Gasteiger partial charge in [-0.25, -0.2) is 0 Å². The molecule has 0 unspecified atom stereocenters. The molecule has 1 aromatic rings. The van der Waals surface area contributed by atoms with Gasteiger partial charge in [-0.05, 0) is 59.5 Å². The van der Waals surface area contributed by atoms with E-state index in [4.69, 9.17) is 0 Å². The van der Waals surface area contributed by atoms with Crippen molar-refractivity contribution in [1.29, 1.82) is 0 Å². The number of rotatable bonds is 3. The summed E-state index contributed by atoms with van der Waals surface area (Å²) >= 11 is 2.04. The average molecular weight is 331 g/mol. The molecule has 0 aromatic heterocycles. The zero-order valence-corrected chi connectivity index (χ0v) is 11.3. The van der Waals surface area contributed by atoms with Gasteiger partial charge in [0.1, 0.15) is 5.75 Å². The van der Waals surface area contributed by atoms with Crippen LogP contribution in [0.15, 0.2) is 18.2 Å². The number of phenols is 1. The van der Waals surface area contributed by atoms with Gasteiger partial charge in [-0.15, -0.1) is 0 Å². The van der Waals surface area contributed by atoms with E-state index in [1.807, 2.05) is 29.6 Å². The molecule has 0 bridgehead atoms. The summed E-state index contributed by atoms with van der Waals surface area (Å²) in [5.74, 6) is 0.844. The summed E-state index contributed by atoms with van der Waals surface area (Å²) in [5, 5.41) is 9.55. The predicted octanol–water partition coefficient (Wildman–Crippen LogP) is 2.48. The molecule has 0 aliphatic heterocycles. The van der Waals surface area contributed by atoms with E-state index in [9.17, 15) is 9.90 Å². The Morgan fingerprint density at radius 2 is 2.25 bits per heavy atom. The molecule has 1 aliphatic rings. The quantitative estimate of drug-likeness (QED) is 0.865. The lowest BCUT2D eigenvalue weighted by atomic mass is 10.2. The first-order valence-electron chi connectivity index (χ1n) is 5.32. The van der Waals surface area contributed by atoms with Crippen LogP contribution in [0.4, 0.5) is 0 Å². The van der Waals surface area contributed by atoms with Crippen molar-refractivity contribution >= 4 is 28.5 Å². The molecule has 2 rings (SSSR count). The van der Waals surface area contributed by atoms with Gasteiger partial charge in [-0.2, -0.15) is 0 Å². The first-order chi connectivity index (χ1) is 7.58. The number of nitrogens with zero attached hydrogens (tertiary/aromatic N) is 1. The minimum Gasteiger partial charge on any atom is -0.507 e. The Balaban J connectivity index is 2.09. The van der Waals surface area contributed by atoms with Crippen molar-refractivity contribution in [2.75, 3.05) is 13.6 Å². The highest BCUT2D eigenvalue weighted by Crippen LogP contribution is 2.30. The Morgan fingerprint density at radius 1 is 1.56 bits per heavy atom. The lowest BCUT2D eigenvalue weighted by Crippen LogP contribution is -2.28. The summed E-state index contributed by atoms with van der Waals surface area (Å²) in [6, 6.07) is 5.05. The topological polar surface area (TPSA) is 40.5 Å². The second kappa shape index (κ2) is 4.61. The fourth-order valence-electron chi connectivity index (χ4n) is 1.64. The SMILES string of the molecule is CN(CC1CC1)C(=O)c1ccc(I)c(O)c1. The molecule has 1 saturated carbocycles. The van der Waals surface area contributed by atoms with Gasteiger partial charge in [0.15, 0.2) is 0 Å². The molecule has 0 atom stereocenters. The summed E-state index contributed by atoms with van der Waals surface area (Å²) in [6.07, 6.45) is 2.46. The lowest BCUT2D eigenvalue weighted by Gasteiger charge is -2.16. The van der Waals surface area contributed by atoms with Gasteiger partial charge in [0.2, 0.25) is 0 Å². The molecule has 1 aliphatic carbocycles. The minimum atomic E-state index is -0.0152. The summed E-state index contributed by atoms with van der Waals surface area (Å²) < 4.78 is 0.763. The molecule has 1 fully saturated rings. The highest BCUT2D eigenvalue weighted by Gasteiger charge is 2.25. The molecule has 4 heteroatoms. The number of carbonyl (C=O) groups is 1. The monoisotopic (exact) mass is 331 g/mol. The summed E-state index contributed by atoms with van der Waals surface area (Å²) in [4.78, 5) is 13.7. The van der Waals surface area contributed by atoms with E-state index in [0.717, 1.165) is 10.1 Å². The van der Waals surface area contributed by atoms with Gasteiger partial charge >= 0.3 is 0 Å². The molecule has 1 aromatic carbocycles. The number of phenolic OH excluding ortho intramolecular Hbond substituents is 1. The number of halogens is 1. The maximum atomic E-state index is 12.0. The minimum absolute atomic E-state index is 0.0152. The van der Waals surface area contributed by atoms with Crippen LogP contribution in [0.5, 0.6) is 5.75 Å². The van der Waals surface area contributed by atoms with Crippen LogP contribution in [0.3, 0.4) is 0 Å². The molecule has 0 saturated heterocycles. The van der Waals surface area contributed by atoms with Crippen LogP contribution in [0, 0.1) is 9.49 Å². The Bertz CT molecular complexity index is 415. The summed E-state index contributed by atoms with van der Waals surface area (Å²) in [7, 11) is 1.82. The van der Waals surface area contributed by atoms with Gasteiger partial charge in [-0.1, -0.05) is 0 Å². The lowest BCUT2D eigenvalue weighted by molar-refractivity contribution is 0.0788. The molecule has 0 heterocycles. The number of carbonyl (C=O) groups excluding carboxylic acids is 1. The molecule has 1 N–H and O–H groups in total. The van der Waals surface area contributed by atoms with Crippen molar-refractivity contribution in [2.24, 2.45) is 5.92 Å². The van der Waals surface area contributed by atoms with Crippen LogP contribution >= 0.6 is 22.6 Å². The molecular weight excluding hydrogens is 317 g/mol. The molecule has 86 valence electrons. The van der Waals surface area contributed by atoms with Crippen molar-refractivity contribution in [3.63, 3.8) is 0 Å². The maximum Gasteiger partial charge on any atom is 0.253 e. The smallest absolute Gasteiger partial charge is 0.253 e. The van der Waals surface area contributed by atoms with E-state index in [1.165, 1.54) is 18.9 Å². The second-order valence-electron chi connectivity index (χ2n) is 4.30. The van der Waals surface area contributed by atoms with E-state index >= 15 is 0 Å². The van der Waals surface area contributed by atoms with Crippen molar-refractivity contribution in [1.82, 2.24) is 4.90 Å². The average Bonchev–Trinajstić information content (AvgIpc) is 3.05. The van der Waals surface area contributed by atoms with E-state index in [-0.39, 0.29) is 11.7 Å². The summed E-state index contributed by atoms with van der Waals surface area (Å²) in [6.45, 7) is 0.825. The fourth-order valence-corrected chi connectivity index (χ4v) is 1.97. The van der Waals surface area contributed by atoms with Crippen LogP contribution in [-0.4, -0.2) is 29.5 Å². The largest absolute Gasteiger partial charge is 0.507 e. The van der Waals surface area contributed by atoms with Crippen LogP contribution in [-0.2, 0) is 0 Å².